The van der Waals surface area contributed by atoms with E-state index in [1.807, 2.05) is 0 Å². The molecule has 1 atom stereocenters. The van der Waals surface area contributed by atoms with E-state index in [4.69, 9.17) is 10.3 Å². The molecule has 1 heterocycles. The minimum absolute atomic E-state index is 0.146. The number of nitrogens with two attached hydrogens (primary N) is 1. The fourth-order valence-electron chi connectivity index (χ4n) is 2.67. The lowest BCUT2D eigenvalue weighted by Gasteiger charge is -2.04. The third-order valence-corrected chi connectivity index (χ3v) is 4.47. The maximum absolute atomic E-state index is 6.07. The van der Waals surface area contributed by atoms with Crippen LogP contribution in [0.1, 0.15) is 41.2 Å². The van der Waals surface area contributed by atoms with Gasteiger partial charge in [-0.2, -0.15) is 16.7 Å². The predicted octanol–water partition coefficient (Wildman–Crippen LogP) is 2.70. The molecule has 1 aliphatic carbocycles. The van der Waals surface area contributed by atoms with Crippen molar-refractivity contribution in [2.75, 3.05) is 12.0 Å². The van der Waals surface area contributed by atoms with Crippen LogP contribution in [0.3, 0.4) is 0 Å². The normalized spacial score (nSPS) is 16.3. The van der Waals surface area contributed by atoms with Crippen LogP contribution in [0.4, 0.5) is 0 Å². The van der Waals surface area contributed by atoms with Crippen molar-refractivity contribution in [3.05, 3.63) is 47.1 Å². The number of thioether (sulfide) groups is 1. The van der Waals surface area contributed by atoms with E-state index in [2.05, 4.69) is 40.7 Å². The molecule has 0 amide bonds. The van der Waals surface area contributed by atoms with Gasteiger partial charge in [0, 0.05) is 5.92 Å². The Bertz CT molecular complexity index is 559. The Morgan fingerprint density at radius 2 is 2.05 bits per heavy atom. The summed E-state index contributed by atoms with van der Waals surface area (Å²) in [6.45, 7) is 0. The molecule has 0 fully saturated rings. The summed E-state index contributed by atoms with van der Waals surface area (Å²) in [6.07, 6.45) is 4.93. The number of nitrogens with zero attached hydrogens (tertiary/aromatic N) is 2. The lowest BCUT2D eigenvalue weighted by molar-refractivity contribution is 0.346. The van der Waals surface area contributed by atoms with Crippen molar-refractivity contribution in [3.8, 4) is 0 Å². The van der Waals surface area contributed by atoms with E-state index in [1.54, 1.807) is 11.8 Å². The lowest BCUT2D eigenvalue weighted by Crippen LogP contribution is -2.12. The second-order valence-corrected chi connectivity index (χ2v) is 6.24. The zero-order valence-corrected chi connectivity index (χ0v) is 12.4. The molecule has 3 rings (SSSR count). The largest absolute Gasteiger partial charge is 0.338 e. The van der Waals surface area contributed by atoms with Crippen molar-refractivity contribution in [1.29, 1.82) is 0 Å². The molecule has 0 radical (unpaired) electrons. The molecular formula is C15H19N3OS. The van der Waals surface area contributed by atoms with Gasteiger partial charge >= 0.3 is 0 Å². The number of aromatic nitrogens is 2. The van der Waals surface area contributed by atoms with E-state index in [-0.39, 0.29) is 6.04 Å². The van der Waals surface area contributed by atoms with Gasteiger partial charge in [0.05, 0.1) is 6.04 Å². The van der Waals surface area contributed by atoms with Gasteiger partial charge in [-0.05, 0) is 42.4 Å². The first-order valence-electron chi connectivity index (χ1n) is 6.92. The minimum Gasteiger partial charge on any atom is -0.338 e. The maximum atomic E-state index is 6.07. The van der Waals surface area contributed by atoms with Gasteiger partial charge in [0.1, 0.15) is 0 Å². The second-order valence-electron chi connectivity index (χ2n) is 5.25. The molecule has 0 saturated heterocycles. The minimum atomic E-state index is -0.146. The van der Waals surface area contributed by atoms with Crippen LogP contribution in [0.2, 0.25) is 0 Å². The molecule has 1 aromatic heterocycles. The van der Waals surface area contributed by atoms with Gasteiger partial charge in [-0.3, -0.25) is 0 Å². The van der Waals surface area contributed by atoms with Crippen LogP contribution in [0, 0.1) is 0 Å². The smallest absolute Gasteiger partial charge is 0.243 e. The third kappa shape index (κ3) is 2.74. The van der Waals surface area contributed by atoms with E-state index in [9.17, 15) is 0 Å². The molecule has 5 heteroatoms. The van der Waals surface area contributed by atoms with Crippen molar-refractivity contribution in [1.82, 2.24) is 10.1 Å². The molecule has 0 aliphatic heterocycles. The molecule has 1 aromatic carbocycles. The van der Waals surface area contributed by atoms with Crippen LogP contribution in [-0.4, -0.2) is 22.1 Å². The topological polar surface area (TPSA) is 64.9 Å². The Labute approximate surface area is 123 Å². The van der Waals surface area contributed by atoms with Crippen molar-refractivity contribution >= 4 is 11.8 Å². The molecule has 0 unspecified atom stereocenters. The highest BCUT2D eigenvalue weighted by Gasteiger charge is 2.27. The number of benzene rings is 1. The first-order chi connectivity index (χ1) is 9.78. The predicted molar refractivity (Wildman–Crippen MR) is 80.8 cm³/mol. The van der Waals surface area contributed by atoms with Gasteiger partial charge in [0.15, 0.2) is 5.82 Å². The molecule has 2 aromatic rings. The van der Waals surface area contributed by atoms with Crippen molar-refractivity contribution in [2.24, 2.45) is 5.73 Å². The Hall–Kier alpha value is -1.33. The number of fused-ring (bicyclic) bond motifs is 1. The van der Waals surface area contributed by atoms with E-state index in [0.29, 0.717) is 11.8 Å². The average Bonchev–Trinajstić information content (AvgIpc) is 3.10. The molecule has 1 aliphatic rings. The van der Waals surface area contributed by atoms with E-state index in [1.165, 1.54) is 11.1 Å². The summed E-state index contributed by atoms with van der Waals surface area (Å²) in [4.78, 5) is 4.52. The maximum Gasteiger partial charge on any atom is 0.243 e. The summed E-state index contributed by atoms with van der Waals surface area (Å²) in [7, 11) is 0. The summed E-state index contributed by atoms with van der Waals surface area (Å²) in [5.41, 5.74) is 8.86. The average molecular weight is 289 g/mol. The molecule has 0 bridgehead atoms. The first kappa shape index (κ1) is 13.6. The molecule has 4 nitrogen and oxygen atoms in total. The molecule has 2 N–H and O–H groups in total. The fourth-order valence-corrected chi connectivity index (χ4v) is 3.16. The van der Waals surface area contributed by atoms with Crippen LogP contribution in [-0.2, 0) is 12.8 Å². The van der Waals surface area contributed by atoms with Crippen LogP contribution >= 0.6 is 11.8 Å². The molecule has 0 spiro atoms. The number of hydrogen-bond acceptors (Lipinski definition) is 5. The molecule has 20 heavy (non-hydrogen) atoms. The highest BCUT2D eigenvalue weighted by atomic mass is 32.2. The van der Waals surface area contributed by atoms with Gasteiger partial charge in [-0.15, -0.1) is 0 Å². The standard InChI is InChI=1S/C15H19N3OS/c1-20-7-6-13(16)15-17-14(18-19-15)12-8-10-4-2-3-5-11(10)9-12/h2-5,12-13H,6-9,16H2,1H3/t13-/m1/s1. The fraction of sp³-hybridized carbons (Fsp3) is 0.467. The van der Waals surface area contributed by atoms with Crippen LogP contribution in [0.25, 0.3) is 0 Å². The van der Waals surface area contributed by atoms with Gasteiger partial charge in [-0.1, -0.05) is 29.4 Å². The quantitative estimate of drug-likeness (QED) is 0.916. The summed E-state index contributed by atoms with van der Waals surface area (Å²) < 4.78 is 5.34. The molecular weight excluding hydrogens is 270 g/mol. The Morgan fingerprint density at radius 1 is 1.35 bits per heavy atom. The SMILES string of the molecule is CSCC[C@@H](N)c1nc(C2Cc3ccccc3C2)no1. The van der Waals surface area contributed by atoms with Crippen molar-refractivity contribution in [2.45, 2.75) is 31.2 Å². The lowest BCUT2D eigenvalue weighted by atomic mass is 10.1. The zero-order chi connectivity index (χ0) is 13.9. The van der Waals surface area contributed by atoms with E-state index in [0.717, 1.165) is 30.8 Å². The van der Waals surface area contributed by atoms with Crippen LogP contribution in [0.5, 0.6) is 0 Å². The van der Waals surface area contributed by atoms with Gasteiger partial charge in [-0.25, -0.2) is 0 Å². The highest BCUT2D eigenvalue weighted by molar-refractivity contribution is 7.98. The van der Waals surface area contributed by atoms with E-state index < -0.39 is 0 Å². The Kier molecular flexibility index (Phi) is 4.08. The first-order valence-corrected chi connectivity index (χ1v) is 8.32. The zero-order valence-electron chi connectivity index (χ0n) is 11.6. The number of hydrogen-bond donors (Lipinski definition) is 1. The van der Waals surface area contributed by atoms with Crippen molar-refractivity contribution in [3.63, 3.8) is 0 Å². The van der Waals surface area contributed by atoms with E-state index >= 15 is 0 Å². The van der Waals surface area contributed by atoms with Crippen molar-refractivity contribution < 1.29 is 4.52 Å². The van der Waals surface area contributed by atoms with Gasteiger partial charge < -0.3 is 10.3 Å². The van der Waals surface area contributed by atoms with Crippen LogP contribution < -0.4 is 5.73 Å². The Balaban J connectivity index is 1.69. The third-order valence-electron chi connectivity index (χ3n) is 3.82. The number of rotatable bonds is 5. The highest BCUT2D eigenvalue weighted by Crippen LogP contribution is 2.32. The molecule has 0 saturated carbocycles. The summed E-state index contributed by atoms with van der Waals surface area (Å²) in [5, 5.41) is 4.14. The summed E-state index contributed by atoms with van der Waals surface area (Å²) in [5.74, 6) is 2.71. The summed E-state index contributed by atoms with van der Waals surface area (Å²) in [6, 6.07) is 8.39. The van der Waals surface area contributed by atoms with Crippen LogP contribution in [0.15, 0.2) is 28.8 Å². The summed E-state index contributed by atoms with van der Waals surface area (Å²) >= 11 is 1.78. The second kappa shape index (κ2) is 5.97. The monoisotopic (exact) mass is 289 g/mol. The van der Waals surface area contributed by atoms with Gasteiger partial charge in [0.25, 0.3) is 0 Å². The Morgan fingerprint density at radius 3 is 2.70 bits per heavy atom. The molecule has 106 valence electrons. The van der Waals surface area contributed by atoms with Gasteiger partial charge in [0.2, 0.25) is 5.89 Å².